The summed E-state index contributed by atoms with van der Waals surface area (Å²) in [6.07, 6.45) is 1.29. The van der Waals surface area contributed by atoms with Gasteiger partial charge in [0.2, 0.25) is 0 Å². The van der Waals surface area contributed by atoms with E-state index in [-0.39, 0.29) is 24.7 Å². The van der Waals surface area contributed by atoms with Crippen LogP contribution in [0.1, 0.15) is 33.6 Å². The van der Waals surface area contributed by atoms with Crippen molar-refractivity contribution in [1.29, 1.82) is 0 Å². The second kappa shape index (κ2) is 4.28. The van der Waals surface area contributed by atoms with Gasteiger partial charge < -0.3 is 15.2 Å². The Kier molecular flexibility index (Phi) is 3.50. The summed E-state index contributed by atoms with van der Waals surface area (Å²) in [5.74, 6) is -0.237. The van der Waals surface area contributed by atoms with Crippen LogP contribution in [0.3, 0.4) is 0 Å². The van der Waals surface area contributed by atoms with E-state index in [1.54, 1.807) is 0 Å². The molecular weight excluding hydrogens is 182 g/mol. The average molecular weight is 201 g/mol. The second-order valence-electron chi connectivity index (χ2n) is 4.79. The molecule has 1 aliphatic rings. The summed E-state index contributed by atoms with van der Waals surface area (Å²) >= 11 is 0. The SMILES string of the molecule is CC(C)(C)OC(=O)CNC1CC(O)C1. The lowest BCUT2D eigenvalue weighted by Gasteiger charge is -2.32. The molecule has 0 saturated heterocycles. The topological polar surface area (TPSA) is 58.6 Å². The Labute approximate surface area is 84.6 Å². The molecule has 1 saturated carbocycles. The van der Waals surface area contributed by atoms with Crippen LogP contribution in [0.4, 0.5) is 0 Å². The fourth-order valence-electron chi connectivity index (χ4n) is 1.36. The Hall–Kier alpha value is -0.610. The first-order valence-corrected chi connectivity index (χ1v) is 5.00. The molecule has 0 heterocycles. The van der Waals surface area contributed by atoms with Gasteiger partial charge in [-0.05, 0) is 33.6 Å². The van der Waals surface area contributed by atoms with E-state index >= 15 is 0 Å². The Morgan fingerprint density at radius 3 is 2.50 bits per heavy atom. The zero-order valence-corrected chi connectivity index (χ0v) is 9.04. The molecule has 0 radical (unpaired) electrons. The monoisotopic (exact) mass is 201 g/mol. The van der Waals surface area contributed by atoms with Gasteiger partial charge in [-0.1, -0.05) is 0 Å². The third kappa shape index (κ3) is 4.07. The predicted octanol–water partition coefficient (Wildman–Crippen LogP) is 0.441. The average Bonchev–Trinajstić information content (AvgIpc) is 1.92. The van der Waals surface area contributed by atoms with Gasteiger partial charge in [-0.15, -0.1) is 0 Å². The van der Waals surface area contributed by atoms with Crippen LogP contribution >= 0.6 is 0 Å². The minimum Gasteiger partial charge on any atom is -0.459 e. The minimum atomic E-state index is -0.419. The fourth-order valence-corrected chi connectivity index (χ4v) is 1.36. The van der Waals surface area contributed by atoms with Crippen LogP contribution in [0.25, 0.3) is 0 Å². The Morgan fingerprint density at radius 2 is 2.07 bits per heavy atom. The van der Waals surface area contributed by atoms with E-state index in [0.717, 1.165) is 12.8 Å². The molecule has 0 spiro atoms. The lowest BCUT2D eigenvalue weighted by atomic mass is 9.90. The van der Waals surface area contributed by atoms with Gasteiger partial charge in [-0.2, -0.15) is 0 Å². The Balaban J connectivity index is 2.10. The summed E-state index contributed by atoms with van der Waals surface area (Å²) in [5, 5.41) is 12.1. The van der Waals surface area contributed by atoms with Gasteiger partial charge in [-0.25, -0.2) is 0 Å². The third-order valence-corrected chi connectivity index (χ3v) is 2.07. The van der Waals surface area contributed by atoms with Gasteiger partial charge >= 0.3 is 5.97 Å². The molecular formula is C10H19NO3. The van der Waals surface area contributed by atoms with E-state index in [9.17, 15) is 4.79 Å². The molecule has 0 aromatic carbocycles. The maximum absolute atomic E-state index is 11.2. The molecule has 2 N–H and O–H groups in total. The van der Waals surface area contributed by atoms with Gasteiger partial charge in [-0.3, -0.25) is 4.79 Å². The number of aliphatic hydroxyl groups is 1. The van der Waals surface area contributed by atoms with Crippen LogP contribution < -0.4 is 5.32 Å². The first-order chi connectivity index (χ1) is 6.37. The van der Waals surface area contributed by atoms with E-state index < -0.39 is 5.60 Å². The summed E-state index contributed by atoms with van der Waals surface area (Å²) in [4.78, 5) is 11.2. The number of aliphatic hydroxyl groups excluding tert-OH is 1. The standard InChI is InChI=1S/C10H19NO3/c1-10(2,3)14-9(13)6-11-7-4-8(12)5-7/h7-8,11-12H,4-6H2,1-3H3. The minimum absolute atomic E-state index is 0.189. The van der Waals surface area contributed by atoms with Crippen molar-refractivity contribution in [3.63, 3.8) is 0 Å². The van der Waals surface area contributed by atoms with Crippen molar-refractivity contribution in [2.75, 3.05) is 6.54 Å². The number of hydrogen-bond donors (Lipinski definition) is 2. The van der Waals surface area contributed by atoms with Gasteiger partial charge in [0.05, 0.1) is 12.6 Å². The zero-order valence-electron chi connectivity index (χ0n) is 9.04. The van der Waals surface area contributed by atoms with Crippen LogP contribution in [-0.2, 0) is 9.53 Å². The van der Waals surface area contributed by atoms with E-state index in [0.29, 0.717) is 0 Å². The summed E-state index contributed by atoms with van der Waals surface area (Å²) in [6.45, 7) is 5.77. The molecule has 4 nitrogen and oxygen atoms in total. The summed E-state index contributed by atoms with van der Waals surface area (Å²) in [6, 6.07) is 0.275. The molecule has 0 aromatic rings. The maximum Gasteiger partial charge on any atom is 0.320 e. The second-order valence-corrected chi connectivity index (χ2v) is 4.79. The Bertz CT molecular complexity index is 204. The van der Waals surface area contributed by atoms with Gasteiger partial charge in [0, 0.05) is 6.04 Å². The van der Waals surface area contributed by atoms with Gasteiger partial charge in [0.15, 0.2) is 0 Å². The van der Waals surface area contributed by atoms with Crippen molar-refractivity contribution >= 4 is 5.97 Å². The first-order valence-electron chi connectivity index (χ1n) is 5.00. The molecule has 1 fully saturated rings. The molecule has 0 aliphatic heterocycles. The molecule has 0 aromatic heterocycles. The van der Waals surface area contributed by atoms with Crippen LogP contribution in [0.5, 0.6) is 0 Å². The van der Waals surface area contributed by atoms with E-state index in [1.807, 2.05) is 20.8 Å². The van der Waals surface area contributed by atoms with Crippen molar-refractivity contribution in [2.24, 2.45) is 0 Å². The third-order valence-electron chi connectivity index (χ3n) is 2.07. The van der Waals surface area contributed by atoms with Crippen LogP contribution in [0.15, 0.2) is 0 Å². The first kappa shape index (κ1) is 11.5. The normalized spacial score (nSPS) is 26.9. The lowest BCUT2D eigenvalue weighted by molar-refractivity contribution is -0.154. The number of ether oxygens (including phenoxy) is 1. The van der Waals surface area contributed by atoms with Crippen molar-refractivity contribution in [2.45, 2.75) is 51.4 Å². The largest absolute Gasteiger partial charge is 0.459 e. The van der Waals surface area contributed by atoms with Gasteiger partial charge in [0.1, 0.15) is 5.60 Å². The highest BCUT2D eigenvalue weighted by Crippen LogP contribution is 2.19. The highest BCUT2D eigenvalue weighted by molar-refractivity contribution is 5.72. The van der Waals surface area contributed by atoms with Gasteiger partial charge in [0.25, 0.3) is 0 Å². The fraction of sp³-hybridized carbons (Fsp3) is 0.900. The highest BCUT2D eigenvalue weighted by atomic mass is 16.6. The predicted molar refractivity (Wildman–Crippen MR) is 52.9 cm³/mol. The Morgan fingerprint density at radius 1 is 1.50 bits per heavy atom. The van der Waals surface area contributed by atoms with Crippen molar-refractivity contribution < 1.29 is 14.6 Å². The molecule has 82 valence electrons. The van der Waals surface area contributed by atoms with E-state index in [4.69, 9.17) is 9.84 Å². The molecule has 0 bridgehead atoms. The molecule has 4 heteroatoms. The molecule has 14 heavy (non-hydrogen) atoms. The summed E-state index contributed by atoms with van der Waals surface area (Å²) < 4.78 is 5.12. The van der Waals surface area contributed by atoms with E-state index in [2.05, 4.69) is 5.32 Å². The number of carbonyl (C=O) groups is 1. The smallest absolute Gasteiger partial charge is 0.320 e. The number of rotatable bonds is 3. The van der Waals surface area contributed by atoms with Crippen LogP contribution in [0.2, 0.25) is 0 Å². The number of carbonyl (C=O) groups excluding carboxylic acids is 1. The quantitative estimate of drug-likeness (QED) is 0.651. The number of esters is 1. The molecule has 0 atom stereocenters. The van der Waals surface area contributed by atoms with Crippen LogP contribution in [0, 0.1) is 0 Å². The van der Waals surface area contributed by atoms with Crippen molar-refractivity contribution in [3.8, 4) is 0 Å². The zero-order chi connectivity index (χ0) is 10.8. The lowest BCUT2D eigenvalue weighted by Crippen LogP contribution is -2.46. The van der Waals surface area contributed by atoms with Crippen LogP contribution in [-0.4, -0.2) is 35.4 Å². The molecule has 1 rings (SSSR count). The van der Waals surface area contributed by atoms with E-state index in [1.165, 1.54) is 0 Å². The maximum atomic E-state index is 11.2. The van der Waals surface area contributed by atoms with Crippen molar-refractivity contribution in [3.05, 3.63) is 0 Å². The highest BCUT2D eigenvalue weighted by Gasteiger charge is 2.27. The molecule has 0 amide bonds. The molecule has 1 aliphatic carbocycles. The summed E-state index contributed by atoms with van der Waals surface area (Å²) in [5.41, 5.74) is -0.419. The van der Waals surface area contributed by atoms with Crippen molar-refractivity contribution in [1.82, 2.24) is 5.32 Å². The number of nitrogens with one attached hydrogen (secondary N) is 1. The molecule has 0 unspecified atom stereocenters. The number of hydrogen-bond acceptors (Lipinski definition) is 4. The summed E-state index contributed by atoms with van der Waals surface area (Å²) in [7, 11) is 0.